The van der Waals surface area contributed by atoms with E-state index in [-0.39, 0.29) is 11.8 Å². The number of carbonyl (C=O) groups is 2. The third-order valence-electron chi connectivity index (χ3n) is 5.36. The number of halogens is 1. The highest BCUT2D eigenvalue weighted by molar-refractivity contribution is 6.34. The normalized spacial score (nSPS) is 14.4. The van der Waals surface area contributed by atoms with Gasteiger partial charge in [0, 0.05) is 30.0 Å². The van der Waals surface area contributed by atoms with E-state index in [1.165, 1.54) is 12.1 Å². The van der Waals surface area contributed by atoms with Gasteiger partial charge in [-0.1, -0.05) is 13.8 Å². The SMILES string of the molecule is CCN(CC)CCNC(=O)c1c(C)[nH]c(/C=C2\C(=O)Nc3cc(F)ccc32)c1C. The van der Waals surface area contributed by atoms with Crippen LogP contribution in [0, 0.1) is 19.7 Å². The maximum atomic E-state index is 13.4. The number of benzene rings is 1. The Morgan fingerprint density at radius 1 is 1.24 bits per heavy atom. The van der Waals surface area contributed by atoms with E-state index in [1.807, 2.05) is 13.8 Å². The van der Waals surface area contributed by atoms with Gasteiger partial charge in [-0.05, 0) is 56.8 Å². The zero-order valence-electron chi connectivity index (χ0n) is 17.3. The van der Waals surface area contributed by atoms with Gasteiger partial charge in [0.1, 0.15) is 5.82 Å². The summed E-state index contributed by atoms with van der Waals surface area (Å²) in [5, 5.41) is 5.65. The van der Waals surface area contributed by atoms with Crippen molar-refractivity contribution in [3.05, 3.63) is 52.1 Å². The molecule has 1 aliphatic heterocycles. The van der Waals surface area contributed by atoms with Crippen LogP contribution in [0.3, 0.4) is 0 Å². The lowest BCUT2D eigenvalue weighted by Crippen LogP contribution is -2.35. The lowest BCUT2D eigenvalue weighted by atomic mass is 10.0. The molecule has 2 amide bonds. The Morgan fingerprint density at radius 3 is 2.66 bits per heavy atom. The largest absolute Gasteiger partial charge is 0.358 e. The number of aromatic nitrogens is 1. The predicted molar refractivity (Wildman–Crippen MR) is 113 cm³/mol. The van der Waals surface area contributed by atoms with Gasteiger partial charge in [-0.2, -0.15) is 0 Å². The Hall–Kier alpha value is -2.93. The summed E-state index contributed by atoms with van der Waals surface area (Å²) in [6.07, 6.45) is 1.72. The van der Waals surface area contributed by atoms with Crippen molar-refractivity contribution < 1.29 is 14.0 Å². The molecule has 0 atom stereocenters. The highest BCUT2D eigenvalue weighted by Gasteiger charge is 2.26. The minimum Gasteiger partial charge on any atom is -0.358 e. The van der Waals surface area contributed by atoms with Crippen LogP contribution in [0.2, 0.25) is 0 Å². The fourth-order valence-electron chi connectivity index (χ4n) is 3.67. The van der Waals surface area contributed by atoms with Crippen LogP contribution in [0.5, 0.6) is 0 Å². The smallest absolute Gasteiger partial charge is 0.256 e. The van der Waals surface area contributed by atoms with Gasteiger partial charge in [-0.25, -0.2) is 4.39 Å². The van der Waals surface area contributed by atoms with Gasteiger partial charge in [-0.3, -0.25) is 9.59 Å². The summed E-state index contributed by atoms with van der Waals surface area (Å²) in [6, 6.07) is 4.21. The Balaban J connectivity index is 1.82. The van der Waals surface area contributed by atoms with Gasteiger partial charge in [0.25, 0.3) is 11.8 Å². The molecule has 7 heteroatoms. The van der Waals surface area contributed by atoms with E-state index in [9.17, 15) is 14.0 Å². The summed E-state index contributed by atoms with van der Waals surface area (Å²) >= 11 is 0. The fourth-order valence-corrected chi connectivity index (χ4v) is 3.67. The van der Waals surface area contributed by atoms with Crippen LogP contribution in [0.25, 0.3) is 11.6 Å². The van der Waals surface area contributed by atoms with Crippen molar-refractivity contribution in [2.24, 2.45) is 0 Å². The first kappa shape index (κ1) is 20.8. The maximum absolute atomic E-state index is 13.4. The number of amides is 2. The van der Waals surface area contributed by atoms with E-state index in [0.717, 1.165) is 30.9 Å². The van der Waals surface area contributed by atoms with Crippen LogP contribution in [0.1, 0.15) is 46.7 Å². The van der Waals surface area contributed by atoms with E-state index in [1.54, 1.807) is 12.1 Å². The molecule has 0 aliphatic carbocycles. The van der Waals surface area contributed by atoms with Crippen LogP contribution < -0.4 is 10.6 Å². The average molecular weight is 398 g/mol. The Bertz CT molecular complexity index is 973. The summed E-state index contributed by atoms with van der Waals surface area (Å²) in [5.74, 6) is -0.824. The summed E-state index contributed by atoms with van der Waals surface area (Å²) in [4.78, 5) is 30.5. The molecule has 154 valence electrons. The predicted octanol–water partition coefficient (Wildman–Crippen LogP) is 3.33. The van der Waals surface area contributed by atoms with Gasteiger partial charge in [0.2, 0.25) is 0 Å². The minimum atomic E-state index is -0.402. The Kier molecular flexibility index (Phi) is 6.17. The average Bonchev–Trinajstić information content (AvgIpc) is 3.14. The van der Waals surface area contributed by atoms with Crippen LogP contribution in [0.4, 0.5) is 10.1 Å². The third-order valence-corrected chi connectivity index (χ3v) is 5.36. The van der Waals surface area contributed by atoms with Crippen molar-refractivity contribution in [2.45, 2.75) is 27.7 Å². The first-order chi connectivity index (χ1) is 13.8. The minimum absolute atomic E-state index is 0.133. The van der Waals surface area contributed by atoms with Crippen LogP contribution >= 0.6 is 0 Å². The molecule has 0 bridgehead atoms. The number of anilines is 1. The van der Waals surface area contributed by atoms with Crippen molar-refractivity contribution in [1.82, 2.24) is 15.2 Å². The summed E-state index contributed by atoms with van der Waals surface area (Å²) in [6.45, 7) is 11.1. The second-order valence-electron chi connectivity index (χ2n) is 7.15. The van der Waals surface area contributed by atoms with E-state index in [4.69, 9.17) is 0 Å². The molecule has 0 unspecified atom stereocenters. The molecular weight excluding hydrogens is 371 g/mol. The third kappa shape index (κ3) is 4.24. The number of hydrogen-bond acceptors (Lipinski definition) is 3. The molecular formula is C22H27FN4O2. The lowest BCUT2D eigenvalue weighted by Gasteiger charge is -2.18. The zero-order chi connectivity index (χ0) is 21.1. The van der Waals surface area contributed by atoms with E-state index in [0.29, 0.717) is 34.6 Å². The number of aryl methyl sites for hydroxylation is 1. The number of rotatable bonds is 7. The summed E-state index contributed by atoms with van der Waals surface area (Å²) in [7, 11) is 0. The number of likely N-dealkylation sites (N-methyl/N-ethyl adjacent to an activating group) is 1. The number of nitrogens with one attached hydrogen (secondary N) is 3. The molecule has 6 nitrogen and oxygen atoms in total. The highest BCUT2D eigenvalue weighted by Crippen LogP contribution is 2.34. The van der Waals surface area contributed by atoms with Crippen molar-refractivity contribution in [3.8, 4) is 0 Å². The first-order valence-corrected chi connectivity index (χ1v) is 9.88. The topological polar surface area (TPSA) is 77.2 Å². The maximum Gasteiger partial charge on any atom is 0.256 e. The number of hydrogen-bond donors (Lipinski definition) is 3. The zero-order valence-corrected chi connectivity index (χ0v) is 17.3. The summed E-state index contributed by atoms with van der Waals surface area (Å²) in [5.41, 5.74) is 4.35. The van der Waals surface area contributed by atoms with Crippen LogP contribution in [-0.2, 0) is 4.79 Å². The molecule has 1 aliphatic rings. The van der Waals surface area contributed by atoms with Gasteiger partial charge in [0.15, 0.2) is 0 Å². The Labute approximate surface area is 170 Å². The second-order valence-corrected chi connectivity index (χ2v) is 7.15. The molecule has 2 aromatic rings. The van der Waals surface area contributed by atoms with Gasteiger partial charge < -0.3 is 20.5 Å². The van der Waals surface area contributed by atoms with Gasteiger partial charge in [-0.15, -0.1) is 0 Å². The van der Waals surface area contributed by atoms with Crippen LogP contribution in [-0.4, -0.2) is 47.9 Å². The van der Waals surface area contributed by atoms with Crippen molar-refractivity contribution in [2.75, 3.05) is 31.5 Å². The van der Waals surface area contributed by atoms with E-state index >= 15 is 0 Å². The number of carbonyl (C=O) groups excluding carboxylic acids is 2. The molecule has 0 saturated heterocycles. The lowest BCUT2D eigenvalue weighted by molar-refractivity contribution is -0.110. The number of fused-ring (bicyclic) bond motifs is 1. The molecule has 0 radical (unpaired) electrons. The van der Waals surface area contributed by atoms with Gasteiger partial charge in [0.05, 0.1) is 16.8 Å². The summed E-state index contributed by atoms with van der Waals surface area (Å²) < 4.78 is 13.4. The molecule has 0 saturated carbocycles. The molecule has 1 aromatic heterocycles. The molecule has 1 aromatic carbocycles. The second kappa shape index (κ2) is 8.61. The van der Waals surface area contributed by atoms with Crippen LogP contribution in [0.15, 0.2) is 18.2 Å². The van der Waals surface area contributed by atoms with E-state index < -0.39 is 5.82 Å². The number of nitrogens with zero attached hydrogens (tertiary/aromatic N) is 1. The first-order valence-electron chi connectivity index (χ1n) is 9.88. The monoisotopic (exact) mass is 398 g/mol. The molecule has 0 spiro atoms. The number of aromatic amines is 1. The fraction of sp³-hybridized carbons (Fsp3) is 0.364. The Morgan fingerprint density at radius 2 is 1.97 bits per heavy atom. The molecule has 2 heterocycles. The van der Waals surface area contributed by atoms with E-state index in [2.05, 4.69) is 34.4 Å². The standard InChI is InChI=1S/C22H27FN4O2/c1-5-27(6-2)10-9-24-22(29)20-13(3)18(25-14(20)4)12-17-16-8-7-15(23)11-19(16)26-21(17)28/h7-8,11-12,25H,5-6,9-10H2,1-4H3,(H,24,29)(H,26,28)/b17-12-. The molecule has 29 heavy (non-hydrogen) atoms. The number of H-pyrrole nitrogens is 1. The van der Waals surface area contributed by atoms with Crippen molar-refractivity contribution in [3.63, 3.8) is 0 Å². The molecule has 3 N–H and O–H groups in total. The molecule has 0 fully saturated rings. The highest BCUT2D eigenvalue weighted by atomic mass is 19.1. The van der Waals surface area contributed by atoms with Gasteiger partial charge >= 0.3 is 0 Å². The quantitative estimate of drug-likeness (QED) is 0.626. The molecule has 3 rings (SSSR count). The van der Waals surface area contributed by atoms with Crippen molar-refractivity contribution >= 4 is 29.2 Å². The van der Waals surface area contributed by atoms with Crippen molar-refractivity contribution in [1.29, 1.82) is 0 Å².